The molecule has 0 aliphatic rings. The minimum Gasteiger partial charge on any atom is -0.380 e. The SMILES string of the molecule is CO[Si](OC)(OC)[SiH](C)C. The molecule has 0 bridgehead atoms. The van der Waals surface area contributed by atoms with E-state index in [1.165, 1.54) is 0 Å². The van der Waals surface area contributed by atoms with Crippen LogP contribution in [0.1, 0.15) is 0 Å². The van der Waals surface area contributed by atoms with E-state index in [0.29, 0.717) is 0 Å². The fraction of sp³-hybridized carbons (Fsp3) is 1.00. The van der Waals surface area contributed by atoms with Crippen LogP contribution in [0.15, 0.2) is 0 Å². The maximum atomic E-state index is 5.25. The molecule has 0 unspecified atom stereocenters. The third kappa shape index (κ3) is 1.90. The average Bonchev–Trinajstić information content (AvgIpc) is 1.92. The number of hydrogen-bond donors (Lipinski definition) is 0. The van der Waals surface area contributed by atoms with Gasteiger partial charge in [0.05, 0.1) is 0 Å². The molecule has 0 saturated heterocycles. The molecule has 0 fully saturated rings. The maximum absolute atomic E-state index is 5.25. The number of rotatable bonds is 4. The zero-order valence-corrected chi connectivity index (χ0v) is 9.46. The maximum Gasteiger partial charge on any atom is 0.464 e. The third-order valence-corrected chi connectivity index (χ3v) is 11.0. The summed E-state index contributed by atoms with van der Waals surface area (Å²) >= 11 is 0. The van der Waals surface area contributed by atoms with Crippen LogP contribution in [0.25, 0.3) is 0 Å². The summed E-state index contributed by atoms with van der Waals surface area (Å²) in [5, 5.41) is 0. The predicted octanol–water partition coefficient (Wildman–Crippen LogP) is 0.430. The van der Waals surface area contributed by atoms with E-state index in [9.17, 15) is 0 Å². The van der Waals surface area contributed by atoms with Gasteiger partial charge >= 0.3 is 8.32 Å². The van der Waals surface area contributed by atoms with Crippen LogP contribution in [0.5, 0.6) is 0 Å². The second-order valence-corrected chi connectivity index (χ2v) is 12.7. The van der Waals surface area contributed by atoms with Gasteiger partial charge in [-0.1, -0.05) is 13.1 Å². The highest BCUT2D eigenvalue weighted by Gasteiger charge is 2.41. The Balaban J connectivity index is 4.15. The standard InChI is InChI=1S/C5H16O3Si2/c1-6-10(7-2,8-3)9(4)5/h9H,1-5H3. The van der Waals surface area contributed by atoms with E-state index in [2.05, 4.69) is 13.1 Å². The summed E-state index contributed by atoms with van der Waals surface area (Å²) in [6, 6.07) is 0. The summed E-state index contributed by atoms with van der Waals surface area (Å²) in [5.74, 6) is 0. The summed E-state index contributed by atoms with van der Waals surface area (Å²) in [6.07, 6.45) is 0. The van der Waals surface area contributed by atoms with Gasteiger partial charge in [0, 0.05) is 21.3 Å². The summed E-state index contributed by atoms with van der Waals surface area (Å²) in [6.45, 7) is 4.34. The van der Waals surface area contributed by atoms with Crippen molar-refractivity contribution >= 4 is 16.6 Å². The summed E-state index contributed by atoms with van der Waals surface area (Å²) < 4.78 is 15.8. The molecule has 10 heavy (non-hydrogen) atoms. The van der Waals surface area contributed by atoms with Crippen molar-refractivity contribution in [3.05, 3.63) is 0 Å². The Kier molecular flexibility index (Phi) is 4.38. The van der Waals surface area contributed by atoms with E-state index in [1.807, 2.05) is 0 Å². The highest BCUT2D eigenvalue weighted by Crippen LogP contribution is 2.09. The van der Waals surface area contributed by atoms with Gasteiger partial charge in [0.25, 0.3) is 0 Å². The molecular weight excluding hydrogens is 164 g/mol. The summed E-state index contributed by atoms with van der Waals surface area (Å²) in [5.41, 5.74) is 0. The van der Waals surface area contributed by atoms with Gasteiger partial charge < -0.3 is 13.3 Å². The van der Waals surface area contributed by atoms with E-state index in [1.54, 1.807) is 21.3 Å². The van der Waals surface area contributed by atoms with Gasteiger partial charge in [0.15, 0.2) is 0 Å². The van der Waals surface area contributed by atoms with Crippen molar-refractivity contribution < 1.29 is 13.3 Å². The first-order valence-electron chi connectivity index (χ1n) is 3.28. The highest BCUT2D eigenvalue weighted by atomic mass is 29.3. The van der Waals surface area contributed by atoms with Crippen molar-refractivity contribution in [3.8, 4) is 0 Å². The molecule has 0 aromatic carbocycles. The van der Waals surface area contributed by atoms with E-state index in [0.717, 1.165) is 0 Å². The van der Waals surface area contributed by atoms with Crippen molar-refractivity contribution in [1.29, 1.82) is 0 Å². The van der Waals surface area contributed by atoms with Crippen LogP contribution in [-0.2, 0) is 13.3 Å². The van der Waals surface area contributed by atoms with Gasteiger partial charge in [-0.05, 0) is 0 Å². The minimum absolute atomic E-state index is 0.949. The van der Waals surface area contributed by atoms with Gasteiger partial charge in [-0.3, -0.25) is 0 Å². The Morgan fingerprint density at radius 1 is 0.900 bits per heavy atom. The van der Waals surface area contributed by atoms with Crippen LogP contribution in [0.3, 0.4) is 0 Å². The monoisotopic (exact) mass is 180 g/mol. The highest BCUT2D eigenvalue weighted by molar-refractivity contribution is 7.23. The molecule has 0 aromatic rings. The molecule has 0 amide bonds. The Morgan fingerprint density at radius 3 is 1.20 bits per heavy atom. The molecule has 0 saturated carbocycles. The lowest BCUT2D eigenvalue weighted by atomic mass is 11.8. The normalized spacial score (nSPS) is 12.6. The molecule has 0 aliphatic heterocycles. The lowest BCUT2D eigenvalue weighted by Crippen LogP contribution is -2.54. The molecule has 0 rings (SSSR count). The fourth-order valence-corrected chi connectivity index (χ4v) is 7.11. The van der Waals surface area contributed by atoms with Crippen LogP contribution in [-0.4, -0.2) is 38.0 Å². The Labute approximate surface area is 65.1 Å². The van der Waals surface area contributed by atoms with E-state index in [4.69, 9.17) is 13.3 Å². The second kappa shape index (κ2) is 4.25. The number of hydrogen-bond acceptors (Lipinski definition) is 3. The molecular formula is C5H16O3Si2. The average molecular weight is 180 g/mol. The largest absolute Gasteiger partial charge is 0.464 e. The molecule has 0 spiro atoms. The van der Waals surface area contributed by atoms with Crippen LogP contribution < -0.4 is 0 Å². The zero-order valence-electron chi connectivity index (χ0n) is 7.30. The van der Waals surface area contributed by atoms with Crippen molar-refractivity contribution in [1.82, 2.24) is 0 Å². The third-order valence-electron chi connectivity index (χ3n) is 1.56. The molecule has 0 radical (unpaired) electrons. The first-order chi connectivity index (χ1) is 4.63. The first kappa shape index (κ1) is 10.3. The van der Waals surface area contributed by atoms with Crippen molar-refractivity contribution in [2.75, 3.05) is 21.3 Å². The van der Waals surface area contributed by atoms with E-state index >= 15 is 0 Å². The lowest BCUT2D eigenvalue weighted by molar-refractivity contribution is 0.147. The van der Waals surface area contributed by atoms with Crippen LogP contribution in [0, 0.1) is 0 Å². The van der Waals surface area contributed by atoms with Crippen molar-refractivity contribution in [2.45, 2.75) is 13.1 Å². The van der Waals surface area contributed by atoms with Crippen LogP contribution in [0.4, 0.5) is 0 Å². The minimum atomic E-state index is -2.16. The second-order valence-electron chi connectivity index (χ2n) is 2.37. The van der Waals surface area contributed by atoms with Crippen molar-refractivity contribution in [2.24, 2.45) is 0 Å². The molecule has 0 aromatic heterocycles. The summed E-state index contributed by atoms with van der Waals surface area (Å²) in [4.78, 5) is 0. The Morgan fingerprint density at radius 2 is 1.20 bits per heavy atom. The molecule has 5 heteroatoms. The van der Waals surface area contributed by atoms with Crippen LogP contribution in [0.2, 0.25) is 13.1 Å². The van der Waals surface area contributed by atoms with E-state index in [-0.39, 0.29) is 0 Å². The van der Waals surface area contributed by atoms with Gasteiger partial charge in [0.1, 0.15) is 8.31 Å². The lowest BCUT2D eigenvalue weighted by Gasteiger charge is -2.27. The van der Waals surface area contributed by atoms with Gasteiger partial charge in [-0.25, -0.2) is 0 Å². The molecule has 0 atom stereocenters. The molecule has 0 aliphatic carbocycles. The smallest absolute Gasteiger partial charge is 0.380 e. The quantitative estimate of drug-likeness (QED) is 0.587. The van der Waals surface area contributed by atoms with Gasteiger partial charge in [-0.15, -0.1) is 0 Å². The summed E-state index contributed by atoms with van der Waals surface area (Å²) in [7, 11) is 1.87. The molecule has 0 heterocycles. The fourth-order valence-electron chi connectivity index (χ4n) is 0.957. The Bertz CT molecular complexity index is 84.6. The van der Waals surface area contributed by atoms with Crippen LogP contribution >= 0.6 is 0 Å². The van der Waals surface area contributed by atoms with E-state index < -0.39 is 16.6 Å². The van der Waals surface area contributed by atoms with Crippen molar-refractivity contribution in [3.63, 3.8) is 0 Å². The molecule has 0 N–H and O–H groups in total. The van der Waals surface area contributed by atoms with Gasteiger partial charge in [0.2, 0.25) is 0 Å². The van der Waals surface area contributed by atoms with Gasteiger partial charge in [-0.2, -0.15) is 0 Å². The molecule has 3 nitrogen and oxygen atoms in total. The first-order valence-corrected chi connectivity index (χ1v) is 9.12. The Hall–Kier alpha value is 0.314. The molecule has 62 valence electrons. The zero-order chi connectivity index (χ0) is 8.20. The predicted molar refractivity (Wildman–Crippen MR) is 45.7 cm³/mol. The topological polar surface area (TPSA) is 27.7 Å².